The summed E-state index contributed by atoms with van der Waals surface area (Å²) in [4.78, 5) is 11.0. The molecule has 3 rings (SSSR count). The minimum absolute atomic E-state index is 0. The Morgan fingerprint density at radius 2 is 1.97 bits per heavy atom. The lowest BCUT2D eigenvalue weighted by Gasteiger charge is -2.33. The Morgan fingerprint density at radius 3 is 2.62 bits per heavy atom. The number of aryl methyl sites for hydroxylation is 1. The van der Waals surface area contributed by atoms with Crippen molar-refractivity contribution < 1.29 is 8.78 Å². The molecule has 0 aliphatic carbocycles. The van der Waals surface area contributed by atoms with Gasteiger partial charge in [-0.3, -0.25) is 14.9 Å². The van der Waals surface area contributed by atoms with Gasteiger partial charge < -0.3 is 10.6 Å². The van der Waals surface area contributed by atoms with Crippen LogP contribution in [-0.4, -0.2) is 42.0 Å². The van der Waals surface area contributed by atoms with Crippen molar-refractivity contribution in [1.29, 1.82) is 0 Å². The van der Waals surface area contributed by atoms with Crippen molar-refractivity contribution in [2.45, 2.75) is 38.9 Å². The molecule has 1 aromatic carbocycles. The lowest BCUT2D eigenvalue weighted by atomic mass is 10.0. The van der Waals surface area contributed by atoms with E-state index in [9.17, 15) is 8.78 Å². The molecule has 1 fully saturated rings. The monoisotopic (exact) mass is 515 g/mol. The fourth-order valence-corrected chi connectivity index (χ4v) is 3.39. The number of nitrogens with one attached hydrogen (secondary N) is 2. The average Bonchev–Trinajstić information content (AvgIpc) is 2.70. The summed E-state index contributed by atoms with van der Waals surface area (Å²) in [5.41, 5.74) is 2.95. The second-order valence-corrected chi connectivity index (χ2v) is 7.14. The molecular weight excluding hydrogens is 487 g/mol. The van der Waals surface area contributed by atoms with Crippen LogP contribution in [-0.2, 0) is 13.1 Å². The Morgan fingerprint density at radius 1 is 1.21 bits per heavy atom. The number of nitrogens with zero attached hydrogens (tertiary/aromatic N) is 3. The van der Waals surface area contributed by atoms with Crippen molar-refractivity contribution >= 4 is 29.9 Å². The van der Waals surface area contributed by atoms with Crippen LogP contribution in [0, 0.1) is 18.6 Å². The van der Waals surface area contributed by atoms with Gasteiger partial charge in [0.15, 0.2) is 17.6 Å². The first-order valence-electron chi connectivity index (χ1n) is 9.59. The summed E-state index contributed by atoms with van der Waals surface area (Å²) in [5, 5.41) is 6.79. The van der Waals surface area contributed by atoms with E-state index in [1.165, 1.54) is 12.1 Å². The van der Waals surface area contributed by atoms with E-state index in [2.05, 4.69) is 25.5 Å². The number of benzene rings is 1. The van der Waals surface area contributed by atoms with Crippen LogP contribution in [0.25, 0.3) is 0 Å². The van der Waals surface area contributed by atoms with Gasteiger partial charge in [0, 0.05) is 38.9 Å². The van der Waals surface area contributed by atoms with Gasteiger partial charge in [-0.25, -0.2) is 8.78 Å². The number of guanidine groups is 1. The number of pyridine rings is 1. The number of piperidine rings is 1. The number of aromatic nitrogens is 1. The molecule has 2 heterocycles. The molecule has 5 nitrogen and oxygen atoms in total. The van der Waals surface area contributed by atoms with Gasteiger partial charge >= 0.3 is 0 Å². The van der Waals surface area contributed by atoms with Crippen LogP contribution < -0.4 is 10.6 Å². The number of hydrogen-bond donors (Lipinski definition) is 2. The zero-order valence-corrected chi connectivity index (χ0v) is 19.1. The highest BCUT2D eigenvalue weighted by Gasteiger charge is 2.20. The van der Waals surface area contributed by atoms with E-state index in [1.54, 1.807) is 19.3 Å². The average molecular weight is 515 g/mol. The number of rotatable bonds is 5. The number of halogens is 3. The van der Waals surface area contributed by atoms with Crippen molar-refractivity contribution in [3.8, 4) is 0 Å². The Kier molecular flexibility index (Phi) is 9.22. The smallest absolute Gasteiger partial charge is 0.191 e. The van der Waals surface area contributed by atoms with Gasteiger partial charge in [0.05, 0.1) is 12.2 Å². The second-order valence-electron chi connectivity index (χ2n) is 7.14. The highest BCUT2D eigenvalue weighted by atomic mass is 127. The van der Waals surface area contributed by atoms with Gasteiger partial charge in [-0.05, 0) is 49.1 Å². The van der Waals surface area contributed by atoms with Crippen LogP contribution in [0.15, 0.2) is 41.5 Å². The van der Waals surface area contributed by atoms with Gasteiger partial charge in [-0.15, -0.1) is 24.0 Å². The van der Waals surface area contributed by atoms with E-state index in [4.69, 9.17) is 0 Å². The third kappa shape index (κ3) is 6.88. The topological polar surface area (TPSA) is 52.6 Å². The van der Waals surface area contributed by atoms with Gasteiger partial charge in [0.25, 0.3) is 0 Å². The third-order valence-electron chi connectivity index (χ3n) is 5.08. The summed E-state index contributed by atoms with van der Waals surface area (Å²) in [6, 6.07) is 8.43. The molecule has 0 atom stereocenters. The molecule has 8 heteroatoms. The van der Waals surface area contributed by atoms with E-state index in [1.807, 2.05) is 19.1 Å². The van der Waals surface area contributed by atoms with Crippen molar-refractivity contribution in [3.63, 3.8) is 0 Å². The van der Waals surface area contributed by atoms with Crippen molar-refractivity contribution in [2.75, 3.05) is 20.1 Å². The largest absolute Gasteiger partial charge is 0.354 e. The van der Waals surface area contributed by atoms with Gasteiger partial charge in [-0.1, -0.05) is 12.1 Å². The summed E-state index contributed by atoms with van der Waals surface area (Å²) in [6.45, 7) is 5.10. The predicted molar refractivity (Wildman–Crippen MR) is 122 cm³/mol. The zero-order chi connectivity index (χ0) is 19.9. The predicted octanol–water partition coefficient (Wildman–Crippen LogP) is 3.62. The number of aliphatic imine (C=N–C) groups is 1. The molecule has 1 aromatic heterocycles. The number of hydrogen-bond acceptors (Lipinski definition) is 3. The third-order valence-corrected chi connectivity index (χ3v) is 5.08. The van der Waals surface area contributed by atoms with Crippen LogP contribution in [0.2, 0.25) is 0 Å². The summed E-state index contributed by atoms with van der Waals surface area (Å²) in [7, 11) is 1.76. The molecule has 0 amide bonds. The fourth-order valence-electron chi connectivity index (χ4n) is 3.39. The summed E-state index contributed by atoms with van der Waals surface area (Å²) in [5.74, 6) is -0.817. The maximum atomic E-state index is 13.4. The number of likely N-dealkylation sites (tertiary alicyclic amines) is 1. The first kappa shape index (κ1) is 23.5. The Bertz CT molecular complexity index is 822. The minimum atomic E-state index is -0.800. The van der Waals surface area contributed by atoms with Crippen LogP contribution >= 0.6 is 24.0 Å². The van der Waals surface area contributed by atoms with Crippen LogP contribution in [0.1, 0.15) is 29.7 Å². The van der Waals surface area contributed by atoms with Crippen LogP contribution in [0.4, 0.5) is 8.78 Å². The van der Waals surface area contributed by atoms with E-state index in [-0.39, 0.29) is 24.0 Å². The lowest BCUT2D eigenvalue weighted by Crippen LogP contribution is -2.48. The van der Waals surface area contributed by atoms with Crippen LogP contribution in [0.5, 0.6) is 0 Å². The SMILES string of the molecule is CN=C(NCc1ncccc1C)NC1CCN(Cc2ccc(F)c(F)c2)CC1.I. The Labute approximate surface area is 188 Å². The maximum absolute atomic E-state index is 13.4. The second kappa shape index (κ2) is 11.4. The molecule has 29 heavy (non-hydrogen) atoms. The maximum Gasteiger partial charge on any atom is 0.191 e. The molecule has 0 spiro atoms. The van der Waals surface area contributed by atoms with E-state index >= 15 is 0 Å². The first-order valence-corrected chi connectivity index (χ1v) is 9.59. The summed E-state index contributed by atoms with van der Waals surface area (Å²) < 4.78 is 26.4. The molecule has 2 N–H and O–H groups in total. The molecule has 1 saturated heterocycles. The lowest BCUT2D eigenvalue weighted by molar-refractivity contribution is 0.198. The van der Waals surface area contributed by atoms with E-state index < -0.39 is 11.6 Å². The molecule has 0 saturated carbocycles. The summed E-state index contributed by atoms with van der Waals surface area (Å²) >= 11 is 0. The molecule has 1 aliphatic rings. The molecule has 0 radical (unpaired) electrons. The normalized spacial score (nSPS) is 15.7. The fraction of sp³-hybridized carbons (Fsp3) is 0.429. The molecular formula is C21H28F2IN5. The van der Waals surface area contributed by atoms with E-state index in [0.29, 0.717) is 19.1 Å². The molecule has 0 bridgehead atoms. The Hall–Kier alpha value is -1.81. The highest BCUT2D eigenvalue weighted by Crippen LogP contribution is 2.16. The quantitative estimate of drug-likeness (QED) is 0.363. The van der Waals surface area contributed by atoms with Crippen LogP contribution in [0.3, 0.4) is 0 Å². The van der Waals surface area contributed by atoms with Crippen molar-refractivity contribution in [2.24, 2.45) is 4.99 Å². The van der Waals surface area contributed by atoms with Crippen molar-refractivity contribution in [3.05, 3.63) is 65.0 Å². The standard InChI is InChI=1S/C21H27F2N5.HI/c1-15-4-3-9-25-20(15)13-26-21(24-2)27-17-7-10-28(11-8-17)14-16-5-6-18(22)19(23)12-16;/h3-6,9,12,17H,7-8,10-11,13-14H2,1-2H3,(H2,24,26,27);1H. The van der Waals surface area contributed by atoms with Gasteiger partial charge in [0.2, 0.25) is 0 Å². The van der Waals surface area contributed by atoms with E-state index in [0.717, 1.165) is 48.7 Å². The van der Waals surface area contributed by atoms with Gasteiger partial charge in [-0.2, -0.15) is 0 Å². The molecule has 2 aromatic rings. The molecule has 1 aliphatic heterocycles. The first-order chi connectivity index (χ1) is 13.5. The Balaban J connectivity index is 0.00000300. The minimum Gasteiger partial charge on any atom is -0.354 e. The van der Waals surface area contributed by atoms with Gasteiger partial charge in [0.1, 0.15) is 0 Å². The molecule has 158 valence electrons. The molecule has 0 unspecified atom stereocenters. The summed E-state index contributed by atoms with van der Waals surface area (Å²) in [6.07, 6.45) is 3.73. The zero-order valence-electron chi connectivity index (χ0n) is 16.8. The highest BCUT2D eigenvalue weighted by molar-refractivity contribution is 14.0. The van der Waals surface area contributed by atoms with Crippen molar-refractivity contribution in [1.82, 2.24) is 20.5 Å².